The minimum atomic E-state index is -4.50. The molecule has 4 atom stereocenters. The number of amides is 3. The molecule has 0 aliphatic carbocycles. The Labute approximate surface area is 297 Å². The molecule has 1 aliphatic heterocycles. The van der Waals surface area contributed by atoms with Crippen LogP contribution < -0.4 is 20.1 Å². The highest BCUT2D eigenvalue weighted by Gasteiger charge is 2.31. The first-order chi connectivity index (χ1) is 24.3. The maximum Gasteiger partial charge on any atom is 0.416 e. The summed E-state index contributed by atoms with van der Waals surface area (Å²) in [7, 11) is 3.66. The predicted octanol–water partition coefficient (Wildman–Crippen LogP) is 7.29. The second-order valence-corrected chi connectivity index (χ2v) is 13.2. The fraction of sp³-hybridized carbons (Fsp3) is 0.474. The Hall–Kier alpha value is -4.33. The van der Waals surface area contributed by atoms with E-state index in [2.05, 4.69) is 15.5 Å². The number of ether oxygens (including phenoxy) is 3. The first-order valence-corrected chi connectivity index (χ1v) is 17.2. The molecule has 13 heteroatoms. The topological polar surface area (TPSA) is 113 Å². The molecule has 1 heterocycles. The largest absolute Gasteiger partial charge is 0.497 e. The molecule has 3 aromatic carbocycles. The number of fused-ring (bicyclic) bond motifs is 1. The van der Waals surface area contributed by atoms with Gasteiger partial charge in [0.05, 0.1) is 43.1 Å². The Morgan fingerprint density at radius 1 is 1.04 bits per heavy atom. The average molecular weight is 715 g/mol. The zero-order valence-corrected chi connectivity index (χ0v) is 29.8. The van der Waals surface area contributed by atoms with Crippen LogP contribution in [-0.4, -0.2) is 85.6 Å². The van der Waals surface area contributed by atoms with Gasteiger partial charge in [-0.15, -0.1) is 0 Å². The molecule has 0 unspecified atom stereocenters. The summed E-state index contributed by atoms with van der Waals surface area (Å²) in [5, 5.41) is 15.4. The number of hydrogen-bond acceptors (Lipinski definition) is 7. The second kappa shape index (κ2) is 18.2. The van der Waals surface area contributed by atoms with Gasteiger partial charge in [-0.2, -0.15) is 13.2 Å². The van der Waals surface area contributed by atoms with Crippen LogP contribution in [0.3, 0.4) is 0 Å². The van der Waals surface area contributed by atoms with Gasteiger partial charge in [0.25, 0.3) is 5.91 Å². The molecule has 3 amide bonds. The van der Waals surface area contributed by atoms with Crippen molar-refractivity contribution in [3.63, 3.8) is 0 Å². The van der Waals surface area contributed by atoms with Crippen LogP contribution >= 0.6 is 0 Å². The van der Waals surface area contributed by atoms with E-state index in [4.69, 9.17) is 14.2 Å². The first kappa shape index (κ1) is 39.5. The summed E-state index contributed by atoms with van der Waals surface area (Å²) in [5.74, 6) is 0.619. The van der Waals surface area contributed by atoms with Crippen LogP contribution in [0.5, 0.6) is 11.5 Å². The van der Waals surface area contributed by atoms with E-state index in [1.807, 2.05) is 45.2 Å². The molecule has 0 radical (unpaired) electrons. The molecule has 0 saturated heterocycles. The predicted molar refractivity (Wildman–Crippen MR) is 190 cm³/mol. The van der Waals surface area contributed by atoms with E-state index in [-0.39, 0.29) is 54.1 Å². The third kappa shape index (κ3) is 11.6. The Morgan fingerprint density at radius 2 is 1.71 bits per heavy atom. The van der Waals surface area contributed by atoms with E-state index in [1.54, 1.807) is 31.1 Å². The minimum Gasteiger partial charge on any atom is -0.497 e. The normalized spacial score (nSPS) is 19.8. The summed E-state index contributed by atoms with van der Waals surface area (Å²) in [5.41, 5.74) is 0.931. The Kier molecular flexibility index (Phi) is 14.1. The smallest absolute Gasteiger partial charge is 0.416 e. The lowest BCUT2D eigenvalue weighted by Crippen LogP contribution is -2.47. The highest BCUT2D eigenvalue weighted by atomic mass is 19.4. The van der Waals surface area contributed by atoms with Crippen molar-refractivity contribution < 1.29 is 42.1 Å². The molecular weight excluding hydrogens is 665 g/mol. The van der Waals surface area contributed by atoms with Gasteiger partial charge in [0.1, 0.15) is 11.5 Å². The Bertz CT molecular complexity index is 1570. The van der Waals surface area contributed by atoms with Crippen molar-refractivity contribution in [2.45, 2.75) is 71.0 Å². The van der Waals surface area contributed by atoms with Crippen LogP contribution in [0.2, 0.25) is 0 Å². The zero-order chi connectivity index (χ0) is 37.1. The number of methoxy groups -OCH3 is 1. The van der Waals surface area contributed by atoms with Crippen molar-refractivity contribution in [2.75, 3.05) is 51.1 Å². The van der Waals surface area contributed by atoms with Gasteiger partial charge < -0.3 is 34.9 Å². The van der Waals surface area contributed by atoms with E-state index < -0.39 is 23.8 Å². The van der Waals surface area contributed by atoms with Crippen LogP contribution in [-0.2, 0) is 17.5 Å². The number of benzene rings is 3. The van der Waals surface area contributed by atoms with Crippen LogP contribution in [0.1, 0.15) is 61.5 Å². The summed E-state index contributed by atoms with van der Waals surface area (Å²) < 4.78 is 56.9. The van der Waals surface area contributed by atoms with E-state index >= 15 is 0 Å². The number of alkyl halides is 3. The van der Waals surface area contributed by atoms with Gasteiger partial charge >= 0.3 is 12.2 Å². The molecule has 3 N–H and O–H groups in total. The third-order valence-corrected chi connectivity index (χ3v) is 8.88. The molecule has 278 valence electrons. The SMILES string of the molecule is COc1ccc(CN(C)C[C@H]2OCCCC[C@H](C)Oc3ccc(NC(=O)Nc4ccc(C(F)(F)F)cc4)cc3C(=O)N([C@H](C)CO)C[C@H]2C)cc1. The summed E-state index contributed by atoms with van der Waals surface area (Å²) in [6.45, 7) is 7.59. The number of nitrogens with one attached hydrogen (secondary N) is 2. The van der Waals surface area contributed by atoms with Crippen molar-refractivity contribution >= 4 is 23.3 Å². The van der Waals surface area contributed by atoms with Gasteiger partial charge in [-0.25, -0.2) is 4.79 Å². The van der Waals surface area contributed by atoms with Crippen LogP contribution in [0.4, 0.5) is 29.3 Å². The molecule has 0 fully saturated rings. The minimum absolute atomic E-state index is 0.122. The Balaban J connectivity index is 1.56. The summed E-state index contributed by atoms with van der Waals surface area (Å²) >= 11 is 0. The number of nitrogens with zero attached hydrogens (tertiary/aromatic N) is 2. The molecular formula is C38H49F3N4O6. The summed E-state index contributed by atoms with van der Waals surface area (Å²) in [4.78, 5) is 31.0. The van der Waals surface area contributed by atoms with Gasteiger partial charge in [-0.05, 0) is 100 Å². The van der Waals surface area contributed by atoms with E-state index in [1.165, 1.54) is 6.07 Å². The van der Waals surface area contributed by atoms with Crippen LogP contribution in [0.15, 0.2) is 66.7 Å². The van der Waals surface area contributed by atoms with Gasteiger partial charge in [0, 0.05) is 43.5 Å². The molecule has 4 rings (SSSR count). The number of halogens is 3. The molecule has 0 spiro atoms. The van der Waals surface area contributed by atoms with Gasteiger partial charge in [0.15, 0.2) is 0 Å². The van der Waals surface area contributed by atoms with Crippen molar-refractivity contribution in [1.29, 1.82) is 0 Å². The highest BCUT2D eigenvalue weighted by molar-refractivity contribution is 6.02. The molecule has 51 heavy (non-hydrogen) atoms. The maximum absolute atomic E-state index is 14.4. The van der Waals surface area contributed by atoms with E-state index in [9.17, 15) is 27.9 Å². The van der Waals surface area contributed by atoms with Crippen molar-refractivity contribution in [1.82, 2.24) is 9.80 Å². The molecule has 0 aromatic heterocycles. The van der Waals surface area contributed by atoms with Gasteiger partial charge in [-0.1, -0.05) is 19.1 Å². The first-order valence-electron chi connectivity index (χ1n) is 17.2. The molecule has 0 saturated carbocycles. The lowest BCUT2D eigenvalue weighted by atomic mass is 10.0. The number of likely N-dealkylation sites (N-methyl/N-ethyl adjacent to an activating group) is 1. The number of urea groups is 1. The van der Waals surface area contributed by atoms with E-state index in [0.717, 1.165) is 54.8 Å². The monoisotopic (exact) mass is 714 g/mol. The number of carbonyl (C=O) groups excluding carboxylic acids is 2. The number of rotatable bonds is 9. The van der Waals surface area contributed by atoms with Crippen molar-refractivity contribution in [3.8, 4) is 11.5 Å². The molecule has 3 aromatic rings. The van der Waals surface area contributed by atoms with Crippen LogP contribution in [0.25, 0.3) is 0 Å². The van der Waals surface area contributed by atoms with Crippen molar-refractivity contribution in [3.05, 3.63) is 83.4 Å². The number of aliphatic hydroxyl groups excluding tert-OH is 1. The number of hydrogen-bond donors (Lipinski definition) is 3. The summed E-state index contributed by atoms with van der Waals surface area (Å²) in [6.07, 6.45) is -2.53. The molecule has 10 nitrogen and oxygen atoms in total. The molecule has 1 aliphatic rings. The number of anilines is 2. The average Bonchev–Trinajstić information content (AvgIpc) is 3.09. The van der Waals surface area contributed by atoms with E-state index in [0.29, 0.717) is 25.4 Å². The lowest BCUT2D eigenvalue weighted by Gasteiger charge is -2.36. The number of aliphatic hydroxyl groups is 1. The fourth-order valence-electron chi connectivity index (χ4n) is 5.91. The lowest BCUT2D eigenvalue weighted by molar-refractivity contribution is -0.137. The number of carbonyl (C=O) groups is 2. The fourth-order valence-corrected chi connectivity index (χ4v) is 5.91. The zero-order valence-electron chi connectivity index (χ0n) is 29.8. The van der Waals surface area contributed by atoms with Crippen LogP contribution in [0, 0.1) is 5.92 Å². The summed E-state index contributed by atoms with van der Waals surface area (Å²) in [6, 6.07) is 15.5. The maximum atomic E-state index is 14.4. The molecule has 0 bridgehead atoms. The highest BCUT2D eigenvalue weighted by Crippen LogP contribution is 2.31. The van der Waals surface area contributed by atoms with Gasteiger partial charge in [-0.3, -0.25) is 9.69 Å². The third-order valence-electron chi connectivity index (χ3n) is 8.88. The van der Waals surface area contributed by atoms with Gasteiger partial charge in [0.2, 0.25) is 0 Å². The van der Waals surface area contributed by atoms with Crippen molar-refractivity contribution in [2.24, 2.45) is 5.92 Å². The second-order valence-electron chi connectivity index (χ2n) is 13.2. The standard InChI is InChI=1S/C38H49F3N4O6/c1-25-21-45(26(2)24-46)36(47)33-20-31(43-37(48)42-30-13-11-29(12-14-30)38(39,40)41)15-18-34(33)51-27(3)8-6-7-19-50-35(25)23-44(4)22-28-9-16-32(49-5)17-10-28/h9-18,20,25-27,35,46H,6-8,19,21-24H2,1-5H3,(H2,42,43,48)/t25-,26-,27+,35-/m1/s1. The quantitative estimate of drug-likeness (QED) is 0.214. The Morgan fingerprint density at radius 3 is 2.35 bits per heavy atom.